The standard InChI is InChI=1S/C16H10N6/c17-9-12-1-5-14(6-2-12)16(22-11-19-20-21-22)15-7-3-13(10-18)4-8-15/h1-8,11,16H. The first kappa shape index (κ1) is 13.5. The van der Waals surface area contributed by atoms with Gasteiger partial charge in [-0.05, 0) is 45.8 Å². The molecule has 22 heavy (non-hydrogen) atoms. The van der Waals surface area contributed by atoms with Crippen molar-refractivity contribution in [3.63, 3.8) is 0 Å². The summed E-state index contributed by atoms with van der Waals surface area (Å²) in [6, 6.07) is 18.5. The van der Waals surface area contributed by atoms with Gasteiger partial charge in [-0.2, -0.15) is 10.5 Å². The van der Waals surface area contributed by atoms with Crippen LogP contribution in [0.25, 0.3) is 0 Å². The average Bonchev–Trinajstić information content (AvgIpc) is 3.10. The molecule has 1 heterocycles. The van der Waals surface area contributed by atoms with Crippen LogP contribution in [0.5, 0.6) is 0 Å². The van der Waals surface area contributed by atoms with Gasteiger partial charge in [0.1, 0.15) is 12.4 Å². The number of nitriles is 2. The molecular weight excluding hydrogens is 276 g/mol. The Morgan fingerprint density at radius 1 is 0.818 bits per heavy atom. The summed E-state index contributed by atoms with van der Waals surface area (Å²) in [5.74, 6) is 0. The summed E-state index contributed by atoms with van der Waals surface area (Å²) in [6.45, 7) is 0. The second-order valence-electron chi connectivity index (χ2n) is 4.66. The molecule has 2 aromatic carbocycles. The highest BCUT2D eigenvalue weighted by molar-refractivity contribution is 5.40. The third-order valence-electron chi connectivity index (χ3n) is 3.34. The fourth-order valence-electron chi connectivity index (χ4n) is 2.26. The van der Waals surface area contributed by atoms with Crippen LogP contribution in [0.15, 0.2) is 54.9 Å². The molecule has 0 N–H and O–H groups in total. The molecule has 0 aliphatic rings. The smallest absolute Gasteiger partial charge is 0.139 e. The number of rotatable bonds is 3. The lowest BCUT2D eigenvalue weighted by Gasteiger charge is -2.17. The van der Waals surface area contributed by atoms with Crippen molar-refractivity contribution in [1.82, 2.24) is 20.2 Å². The maximum atomic E-state index is 8.91. The molecule has 0 unspecified atom stereocenters. The summed E-state index contributed by atoms with van der Waals surface area (Å²) in [7, 11) is 0. The number of benzene rings is 2. The average molecular weight is 286 g/mol. The quantitative estimate of drug-likeness (QED) is 0.734. The summed E-state index contributed by atoms with van der Waals surface area (Å²) >= 11 is 0. The topological polar surface area (TPSA) is 91.2 Å². The Bertz CT molecular complexity index is 778. The van der Waals surface area contributed by atoms with Gasteiger partial charge in [0.15, 0.2) is 0 Å². The van der Waals surface area contributed by atoms with Crippen molar-refractivity contribution in [1.29, 1.82) is 10.5 Å². The molecule has 3 aromatic rings. The van der Waals surface area contributed by atoms with E-state index >= 15 is 0 Å². The van der Waals surface area contributed by atoms with E-state index in [0.29, 0.717) is 11.1 Å². The molecule has 0 bridgehead atoms. The van der Waals surface area contributed by atoms with Gasteiger partial charge in [-0.25, -0.2) is 4.68 Å². The van der Waals surface area contributed by atoms with E-state index in [1.807, 2.05) is 24.3 Å². The molecule has 0 fully saturated rings. The number of hydrogen-bond donors (Lipinski definition) is 0. The van der Waals surface area contributed by atoms with Gasteiger partial charge in [-0.3, -0.25) is 0 Å². The molecule has 0 atom stereocenters. The number of tetrazole rings is 1. The first-order valence-corrected chi connectivity index (χ1v) is 6.54. The molecule has 0 radical (unpaired) electrons. The minimum atomic E-state index is -0.213. The van der Waals surface area contributed by atoms with Crippen LogP contribution < -0.4 is 0 Å². The molecule has 6 heteroatoms. The van der Waals surface area contributed by atoms with Crippen molar-refractivity contribution in [2.45, 2.75) is 6.04 Å². The van der Waals surface area contributed by atoms with Crippen LogP contribution in [0.2, 0.25) is 0 Å². The second kappa shape index (κ2) is 5.86. The summed E-state index contributed by atoms with van der Waals surface area (Å²) in [6.07, 6.45) is 1.54. The summed E-state index contributed by atoms with van der Waals surface area (Å²) in [4.78, 5) is 0. The molecule has 0 aliphatic carbocycles. The zero-order chi connectivity index (χ0) is 15.4. The van der Waals surface area contributed by atoms with Crippen molar-refractivity contribution in [3.05, 3.63) is 77.1 Å². The lowest BCUT2D eigenvalue weighted by molar-refractivity contribution is 0.570. The molecule has 0 aliphatic heterocycles. The molecule has 0 saturated heterocycles. The van der Waals surface area contributed by atoms with E-state index in [9.17, 15) is 0 Å². The predicted octanol–water partition coefficient (Wildman–Crippen LogP) is 2.05. The van der Waals surface area contributed by atoms with Gasteiger partial charge < -0.3 is 0 Å². The Hall–Kier alpha value is -3.51. The molecule has 0 amide bonds. The Morgan fingerprint density at radius 2 is 1.32 bits per heavy atom. The zero-order valence-corrected chi connectivity index (χ0v) is 11.5. The number of hydrogen-bond acceptors (Lipinski definition) is 5. The predicted molar refractivity (Wildman–Crippen MR) is 77.4 cm³/mol. The van der Waals surface area contributed by atoms with Crippen LogP contribution in [0.3, 0.4) is 0 Å². The van der Waals surface area contributed by atoms with Gasteiger partial charge in [-0.15, -0.1) is 5.10 Å². The van der Waals surface area contributed by atoms with Gasteiger partial charge in [-0.1, -0.05) is 24.3 Å². The van der Waals surface area contributed by atoms with Gasteiger partial charge in [0.05, 0.1) is 23.3 Å². The van der Waals surface area contributed by atoms with Gasteiger partial charge in [0, 0.05) is 0 Å². The SMILES string of the molecule is N#Cc1ccc(C(c2ccc(C#N)cc2)n2cnnn2)cc1. The number of aromatic nitrogens is 4. The molecule has 1 aromatic heterocycles. The molecule has 3 rings (SSSR count). The van der Waals surface area contributed by atoms with Crippen molar-refractivity contribution >= 4 is 0 Å². The maximum Gasteiger partial charge on any atom is 0.139 e. The Labute approximate surface area is 126 Å². The van der Waals surface area contributed by atoms with Crippen LogP contribution in [0, 0.1) is 22.7 Å². The lowest BCUT2D eigenvalue weighted by atomic mass is 9.97. The highest BCUT2D eigenvalue weighted by Gasteiger charge is 2.17. The lowest BCUT2D eigenvalue weighted by Crippen LogP contribution is -2.13. The Kier molecular flexibility index (Phi) is 3.59. The summed E-state index contributed by atoms with van der Waals surface area (Å²) in [5, 5.41) is 29.2. The summed E-state index contributed by atoms with van der Waals surface area (Å²) in [5.41, 5.74) is 3.10. The fraction of sp³-hybridized carbons (Fsp3) is 0.0625. The van der Waals surface area contributed by atoms with E-state index in [1.54, 1.807) is 35.3 Å². The third-order valence-corrected chi connectivity index (χ3v) is 3.34. The highest BCUT2D eigenvalue weighted by atomic mass is 15.5. The molecule has 0 spiro atoms. The minimum absolute atomic E-state index is 0.213. The summed E-state index contributed by atoms with van der Waals surface area (Å²) < 4.78 is 1.64. The second-order valence-corrected chi connectivity index (χ2v) is 4.66. The first-order valence-electron chi connectivity index (χ1n) is 6.54. The van der Waals surface area contributed by atoms with E-state index < -0.39 is 0 Å². The van der Waals surface area contributed by atoms with Crippen molar-refractivity contribution < 1.29 is 0 Å². The Balaban J connectivity index is 2.07. The van der Waals surface area contributed by atoms with Crippen molar-refractivity contribution in [2.75, 3.05) is 0 Å². The van der Waals surface area contributed by atoms with Crippen LogP contribution >= 0.6 is 0 Å². The van der Waals surface area contributed by atoms with Crippen LogP contribution in [-0.4, -0.2) is 20.2 Å². The molecule has 104 valence electrons. The Morgan fingerprint density at radius 3 is 1.68 bits per heavy atom. The van der Waals surface area contributed by atoms with Gasteiger partial charge >= 0.3 is 0 Å². The number of nitrogens with zero attached hydrogens (tertiary/aromatic N) is 6. The monoisotopic (exact) mass is 286 g/mol. The minimum Gasteiger partial charge on any atom is -0.221 e. The molecule has 6 nitrogen and oxygen atoms in total. The van der Waals surface area contributed by atoms with Crippen LogP contribution in [0.1, 0.15) is 28.3 Å². The molecular formula is C16H10N6. The fourth-order valence-corrected chi connectivity index (χ4v) is 2.26. The van der Waals surface area contributed by atoms with Crippen LogP contribution in [-0.2, 0) is 0 Å². The highest BCUT2D eigenvalue weighted by Crippen LogP contribution is 2.26. The zero-order valence-electron chi connectivity index (χ0n) is 11.5. The van der Waals surface area contributed by atoms with Gasteiger partial charge in [0.2, 0.25) is 0 Å². The van der Waals surface area contributed by atoms with Crippen molar-refractivity contribution in [2.24, 2.45) is 0 Å². The largest absolute Gasteiger partial charge is 0.221 e. The van der Waals surface area contributed by atoms with E-state index in [-0.39, 0.29) is 6.04 Å². The normalized spacial score (nSPS) is 10.1. The molecule has 0 saturated carbocycles. The first-order chi connectivity index (χ1) is 10.8. The third kappa shape index (κ3) is 2.54. The van der Waals surface area contributed by atoms with Gasteiger partial charge in [0.25, 0.3) is 0 Å². The van der Waals surface area contributed by atoms with E-state index in [1.165, 1.54) is 0 Å². The maximum absolute atomic E-state index is 8.91. The van der Waals surface area contributed by atoms with Crippen molar-refractivity contribution in [3.8, 4) is 12.1 Å². The van der Waals surface area contributed by atoms with E-state index in [4.69, 9.17) is 10.5 Å². The van der Waals surface area contributed by atoms with E-state index in [0.717, 1.165) is 11.1 Å². The van der Waals surface area contributed by atoms with Crippen LogP contribution in [0.4, 0.5) is 0 Å². The van der Waals surface area contributed by atoms with E-state index in [2.05, 4.69) is 27.7 Å².